The second kappa shape index (κ2) is 4.72. The fourth-order valence-electron chi connectivity index (χ4n) is 1.59. The van der Waals surface area contributed by atoms with E-state index in [1.54, 1.807) is 18.2 Å². The summed E-state index contributed by atoms with van der Waals surface area (Å²) in [5, 5.41) is 4.21. The second-order valence-corrected chi connectivity index (χ2v) is 4.56. The van der Waals surface area contributed by atoms with E-state index in [1.807, 2.05) is 26.0 Å². The van der Waals surface area contributed by atoms with Gasteiger partial charge in [0.05, 0.1) is 5.52 Å². The Morgan fingerprint density at radius 3 is 2.76 bits per heavy atom. The average molecular weight is 249 g/mol. The van der Waals surface area contributed by atoms with E-state index in [2.05, 4.69) is 10.3 Å². The molecule has 0 saturated carbocycles. The molecule has 1 amide bonds. The number of fused-ring (bicyclic) bond motifs is 1. The van der Waals surface area contributed by atoms with Crippen LogP contribution in [-0.4, -0.2) is 16.9 Å². The van der Waals surface area contributed by atoms with Crippen molar-refractivity contribution in [1.29, 1.82) is 0 Å². The number of nitrogens with one attached hydrogen (secondary N) is 1. The summed E-state index contributed by atoms with van der Waals surface area (Å²) in [7, 11) is 0. The van der Waals surface area contributed by atoms with Crippen LogP contribution in [0, 0.1) is 0 Å². The lowest BCUT2D eigenvalue weighted by Crippen LogP contribution is -2.29. The molecule has 3 nitrogen and oxygen atoms in total. The summed E-state index contributed by atoms with van der Waals surface area (Å²) in [5.41, 5.74) is 1.42. The molecule has 0 atom stereocenters. The van der Waals surface area contributed by atoms with E-state index in [4.69, 9.17) is 11.6 Å². The van der Waals surface area contributed by atoms with Crippen molar-refractivity contribution in [3.63, 3.8) is 0 Å². The van der Waals surface area contributed by atoms with E-state index in [0.29, 0.717) is 10.7 Å². The van der Waals surface area contributed by atoms with E-state index in [9.17, 15) is 4.79 Å². The lowest BCUT2D eigenvalue weighted by molar-refractivity contribution is 0.0943. The normalized spacial score (nSPS) is 10.8. The van der Waals surface area contributed by atoms with E-state index in [-0.39, 0.29) is 11.9 Å². The molecule has 2 rings (SSSR count). The van der Waals surface area contributed by atoms with Crippen LogP contribution in [0.5, 0.6) is 0 Å². The molecule has 0 unspecified atom stereocenters. The van der Waals surface area contributed by atoms with Crippen LogP contribution in [0.3, 0.4) is 0 Å². The minimum absolute atomic E-state index is 0.0724. The zero-order chi connectivity index (χ0) is 12.4. The van der Waals surface area contributed by atoms with Gasteiger partial charge in [0.15, 0.2) is 0 Å². The Kier molecular flexibility index (Phi) is 3.29. The fourth-order valence-corrected chi connectivity index (χ4v) is 1.74. The largest absolute Gasteiger partial charge is 0.350 e. The first-order valence-corrected chi connectivity index (χ1v) is 5.81. The van der Waals surface area contributed by atoms with Crippen molar-refractivity contribution in [1.82, 2.24) is 10.3 Å². The smallest absolute Gasteiger partial charge is 0.251 e. The average Bonchev–Trinajstić information content (AvgIpc) is 2.27. The number of halogens is 1. The van der Waals surface area contributed by atoms with Crippen LogP contribution in [0.1, 0.15) is 24.2 Å². The molecule has 0 aliphatic heterocycles. The van der Waals surface area contributed by atoms with Gasteiger partial charge in [0.1, 0.15) is 5.15 Å². The van der Waals surface area contributed by atoms with E-state index in [1.165, 1.54) is 0 Å². The molecule has 17 heavy (non-hydrogen) atoms. The Morgan fingerprint density at radius 2 is 2.06 bits per heavy atom. The Bertz CT molecular complexity index is 566. The summed E-state index contributed by atoms with van der Waals surface area (Å²) in [6, 6.07) is 9.07. The molecule has 0 bridgehead atoms. The minimum Gasteiger partial charge on any atom is -0.350 e. The highest BCUT2D eigenvalue weighted by molar-refractivity contribution is 6.29. The van der Waals surface area contributed by atoms with Crippen LogP contribution in [-0.2, 0) is 0 Å². The molecule has 2 aromatic rings. The molecule has 0 radical (unpaired) electrons. The summed E-state index contributed by atoms with van der Waals surface area (Å²) in [5.74, 6) is -0.0724. The van der Waals surface area contributed by atoms with Crippen molar-refractivity contribution in [2.24, 2.45) is 0 Å². The summed E-state index contributed by atoms with van der Waals surface area (Å²) in [6.07, 6.45) is 0. The lowest BCUT2D eigenvalue weighted by Gasteiger charge is -2.08. The molecule has 1 aromatic heterocycles. The first kappa shape index (κ1) is 11.9. The number of hydrogen-bond donors (Lipinski definition) is 1. The zero-order valence-electron chi connectivity index (χ0n) is 9.70. The van der Waals surface area contributed by atoms with E-state index in [0.717, 1.165) is 10.9 Å². The predicted octanol–water partition coefficient (Wildman–Crippen LogP) is 3.03. The maximum atomic E-state index is 11.8. The first-order chi connectivity index (χ1) is 8.06. The van der Waals surface area contributed by atoms with Crippen molar-refractivity contribution in [3.05, 3.63) is 41.0 Å². The highest BCUT2D eigenvalue weighted by Crippen LogP contribution is 2.17. The quantitative estimate of drug-likeness (QED) is 0.830. The molecule has 0 aliphatic rings. The molecule has 0 fully saturated rings. The molecule has 0 spiro atoms. The van der Waals surface area contributed by atoms with E-state index >= 15 is 0 Å². The molecule has 4 heteroatoms. The number of carbonyl (C=O) groups is 1. The fraction of sp³-hybridized carbons (Fsp3) is 0.231. The second-order valence-electron chi connectivity index (χ2n) is 4.17. The number of pyridine rings is 1. The highest BCUT2D eigenvalue weighted by Gasteiger charge is 2.07. The van der Waals surface area contributed by atoms with Crippen LogP contribution >= 0.6 is 11.6 Å². The van der Waals surface area contributed by atoms with Gasteiger partial charge in [0, 0.05) is 17.0 Å². The third-order valence-corrected chi connectivity index (χ3v) is 2.55. The van der Waals surface area contributed by atoms with Crippen molar-refractivity contribution >= 4 is 28.4 Å². The van der Waals surface area contributed by atoms with Gasteiger partial charge in [0.25, 0.3) is 5.91 Å². The van der Waals surface area contributed by atoms with Crippen LogP contribution < -0.4 is 5.32 Å². The number of nitrogens with zero attached hydrogens (tertiary/aromatic N) is 1. The Balaban J connectivity index is 2.38. The lowest BCUT2D eigenvalue weighted by atomic mass is 10.1. The molecular formula is C13H13ClN2O. The minimum atomic E-state index is -0.0724. The van der Waals surface area contributed by atoms with Gasteiger partial charge >= 0.3 is 0 Å². The maximum Gasteiger partial charge on any atom is 0.251 e. The SMILES string of the molecule is CC(C)NC(=O)c1ccc2nc(Cl)ccc2c1. The van der Waals surface area contributed by atoms with Gasteiger partial charge in [-0.1, -0.05) is 11.6 Å². The van der Waals surface area contributed by atoms with Gasteiger partial charge < -0.3 is 5.32 Å². The number of carbonyl (C=O) groups excluding carboxylic acids is 1. The van der Waals surface area contributed by atoms with Crippen LogP contribution in [0.25, 0.3) is 10.9 Å². The Morgan fingerprint density at radius 1 is 1.29 bits per heavy atom. The molecule has 1 heterocycles. The van der Waals surface area contributed by atoms with Gasteiger partial charge in [-0.05, 0) is 44.2 Å². The molecule has 0 saturated heterocycles. The van der Waals surface area contributed by atoms with Gasteiger partial charge in [-0.15, -0.1) is 0 Å². The monoisotopic (exact) mass is 248 g/mol. The maximum absolute atomic E-state index is 11.8. The van der Waals surface area contributed by atoms with Gasteiger partial charge in [-0.2, -0.15) is 0 Å². The highest BCUT2D eigenvalue weighted by atomic mass is 35.5. The third-order valence-electron chi connectivity index (χ3n) is 2.34. The van der Waals surface area contributed by atoms with Crippen LogP contribution in [0.2, 0.25) is 5.15 Å². The summed E-state index contributed by atoms with van der Waals surface area (Å²) in [6.45, 7) is 3.86. The van der Waals surface area contributed by atoms with Crippen molar-refractivity contribution in [3.8, 4) is 0 Å². The van der Waals surface area contributed by atoms with Crippen LogP contribution in [0.15, 0.2) is 30.3 Å². The number of rotatable bonds is 2. The molecule has 0 aliphatic carbocycles. The molecule has 1 N–H and O–H groups in total. The first-order valence-electron chi connectivity index (χ1n) is 5.43. The molecular weight excluding hydrogens is 236 g/mol. The number of amides is 1. The number of hydrogen-bond acceptors (Lipinski definition) is 2. The van der Waals surface area contributed by atoms with Crippen LogP contribution in [0.4, 0.5) is 0 Å². The predicted molar refractivity (Wildman–Crippen MR) is 69.4 cm³/mol. The summed E-state index contributed by atoms with van der Waals surface area (Å²) >= 11 is 5.80. The van der Waals surface area contributed by atoms with Gasteiger partial charge in [-0.25, -0.2) is 4.98 Å². The number of benzene rings is 1. The third kappa shape index (κ3) is 2.74. The number of aromatic nitrogens is 1. The molecule has 1 aromatic carbocycles. The zero-order valence-corrected chi connectivity index (χ0v) is 10.5. The standard InChI is InChI=1S/C13H13ClN2O/c1-8(2)15-13(17)10-3-5-11-9(7-10)4-6-12(14)16-11/h3-8H,1-2H3,(H,15,17). The van der Waals surface area contributed by atoms with Gasteiger partial charge in [0.2, 0.25) is 0 Å². The molecule has 88 valence electrons. The van der Waals surface area contributed by atoms with Crippen molar-refractivity contribution in [2.75, 3.05) is 0 Å². The van der Waals surface area contributed by atoms with Crippen molar-refractivity contribution < 1.29 is 4.79 Å². The van der Waals surface area contributed by atoms with E-state index < -0.39 is 0 Å². The summed E-state index contributed by atoms with van der Waals surface area (Å²) < 4.78 is 0. The Labute approximate surface area is 105 Å². The topological polar surface area (TPSA) is 42.0 Å². The van der Waals surface area contributed by atoms with Crippen molar-refractivity contribution in [2.45, 2.75) is 19.9 Å². The Hall–Kier alpha value is -1.61. The van der Waals surface area contributed by atoms with Gasteiger partial charge in [-0.3, -0.25) is 4.79 Å². The summed E-state index contributed by atoms with van der Waals surface area (Å²) in [4.78, 5) is 16.0.